The number of nitrogens with zero attached hydrogens (tertiary/aromatic N) is 1. The van der Waals surface area contributed by atoms with E-state index >= 15 is 0 Å². The number of hydrogen-bond acceptors (Lipinski definition) is 4. The lowest BCUT2D eigenvalue weighted by Gasteiger charge is -2.44. The van der Waals surface area contributed by atoms with Crippen molar-refractivity contribution in [3.8, 4) is 0 Å². The summed E-state index contributed by atoms with van der Waals surface area (Å²) in [5, 5.41) is 2.13. The zero-order valence-electron chi connectivity index (χ0n) is 11.6. The van der Waals surface area contributed by atoms with Crippen LogP contribution in [0.4, 0.5) is 0 Å². The van der Waals surface area contributed by atoms with Gasteiger partial charge in [0, 0.05) is 24.6 Å². The van der Waals surface area contributed by atoms with Crippen LogP contribution in [0.1, 0.15) is 37.6 Å². The summed E-state index contributed by atoms with van der Waals surface area (Å²) in [6.07, 6.45) is 2.31. The maximum Gasteiger partial charge on any atom is 0.0777 e. The van der Waals surface area contributed by atoms with Gasteiger partial charge in [0.25, 0.3) is 0 Å². The number of likely N-dealkylation sites (tertiary alicyclic amines) is 1. The predicted molar refractivity (Wildman–Crippen MR) is 76.9 cm³/mol. The van der Waals surface area contributed by atoms with Gasteiger partial charge in [-0.25, -0.2) is 0 Å². The number of piperidine rings is 1. The van der Waals surface area contributed by atoms with Gasteiger partial charge in [-0.15, -0.1) is 11.3 Å². The number of nitrogens with two attached hydrogens (primary N) is 1. The minimum absolute atomic E-state index is 0.0251. The molecule has 3 atom stereocenters. The molecule has 0 radical (unpaired) electrons. The molecule has 0 saturated carbocycles. The van der Waals surface area contributed by atoms with Gasteiger partial charge in [-0.05, 0) is 44.7 Å². The fourth-order valence-electron chi connectivity index (χ4n) is 2.88. The van der Waals surface area contributed by atoms with Gasteiger partial charge < -0.3 is 10.5 Å². The van der Waals surface area contributed by atoms with Crippen molar-refractivity contribution in [1.82, 2.24) is 4.90 Å². The van der Waals surface area contributed by atoms with Crippen LogP contribution in [0, 0.1) is 0 Å². The Labute approximate surface area is 114 Å². The zero-order valence-corrected chi connectivity index (χ0v) is 12.4. The number of ether oxygens (including phenoxy) is 1. The summed E-state index contributed by atoms with van der Waals surface area (Å²) in [6.45, 7) is 6.38. The predicted octanol–water partition coefficient (Wildman–Crippen LogP) is 2.64. The molecule has 0 aliphatic carbocycles. The summed E-state index contributed by atoms with van der Waals surface area (Å²) in [4.78, 5) is 3.86. The van der Waals surface area contributed by atoms with E-state index < -0.39 is 0 Å². The first-order valence-electron chi connectivity index (χ1n) is 6.64. The van der Waals surface area contributed by atoms with E-state index in [1.54, 1.807) is 11.3 Å². The molecule has 18 heavy (non-hydrogen) atoms. The summed E-state index contributed by atoms with van der Waals surface area (Å²) in [5.41, 5.74) is 6.19. The van der Waals surface area contributed by atoms with Gasteiger partial charge in [0.1, 0.15) is 0 Å². The number of thiophene rings is 1. The summed E-state index contributed by atoms with van der Waals surface area (Å²) < 4.78 is 5.68. The standard InChI is InChI=1S/C14H24N2OS/c1-11(15)13(12-6-4-9-18-12)16-8-5-7-14(2,10-16)17-3/h4,6,9,11,13H,5,7-8,10,15H2,1-3H3. The van der Waals surface area contributed by atoms with E-state index in [2.05, 4.69) is 36.3 Å². The third kappa shape index (κ3) is 2.94. The Morgan fingerprint density at radius 2 is 2.33 bits per heavy atom. The van der Waals surface area contributed by atoms with Crippen LogP contribution >= 0.6 is 11.3 Å². The van der Waals surface area contributed by atoms with Crippen molar-refractivity contribution < 1.29 is 4.74 Å². The lowest BCUT2D eigenvalue weighted by Crippen LogP contribution is -2.51. The molecule has 3 unspecified atom stereocenters. The first-order valence-corrected chi connectivity index (χ1v) is 7.52. The molecule has 2 N–H and O–H groups in total. The topological polar surface area (TPSA) is 38.5 Å². The molecule has 2 heterocycles. The molecular formula is C14H24N2OS. The number of hydrogen-bond donors (Lipinski definition) is 1. The minimum atomic E-state index is -0.0251. The van der Waals surface area contributed by atoms with E-state index in [-0.39, 0.29) is 11.6 Å². The Balaban J connectivity index is 2.17. The lowest BCUT2D eigenvalue weighted by atomic mass is 9.92. The molecule has 1 fully saturated rings. The fourth-order valence-corrected chi connectivity index (χ4v) is 3.85. The van der Waals surface area contributed by atoms with Crippen LogP contribution in [0.2, 0.25) is 0 Å². The molecule has 1 saturated heterocycles. The fraction of sp³-hybridized carbons (Fsp3) is 0.714. The molecule has 102 valence electrons. The molecule has 1 aromatic heterocycles. The van der Waals surface area contributed by atoms with E-state index in [0.29, 0.717) is 6.04 Å². The second kappa shape index (κ2) is 5.70. The molecular weight excluding hydrogens is 244 g/mol. The molecule has 4 heteroatoms. The average molecular weight is 268 g/mol. The molecule has 1 aromatic rings. The van der Waals surface area contributed by atoms with Gasteiger partial charge in [0.2, 0.25) is 0 Å². The quantitative estimate of drug-likeness (QED) is 0.912. The third-order valence-electron chi connectivity index (χ3n) is 3.91. The Hall–Kier alpha value is -0.420. The van der Waals surface area contributed by atoms with Crippen molar-refractivity contribution in [2.45, 2.75) is 44.4 Å². The molecule has 1 aliphatic rings. The van der Waals surface area contributed by atoms with Crippen LogP contribution in [0.5, 0.6) is 0 Å². The van der Waals surface area contributed by atoms with Crippen LogP contribution < -0.4 is 5.73 Å². The summed E-state index contributed by atoms with van der Waals surface area (Å²) in [7, 11) is 1.82. The highest BCUT2D eigenvalue weighted by Gasteiger charge is 2.35. The van der Waals surface area contributed by atoms with E-state index in [1.807, 2.05) is 7.11 Å². The second-order valence-corrected chi connectivity index (χ2v) is 6.53. The van der Waals surface area contributed by atoms with Crippen molar-refractivity contribution in [3.05, 3.63) is 22.4 Å². The second-order valence-electron chi connectivity index (χ2n) is 5.55. The van der Waals surface area contributed by atoms with Crippen LogP contribution in [-0.4, -0.2) is 36.7 Å². The molecule has 0 spiro atoms. The Kier molecular flexibility index (Phi) is 4.43. The Morgan fingerprint density at radius 3 is 2.89 bits per heavy atom. The molecule has 0 bridgehead atoms. The van der Waals surface area contributed by atoms with Crippen LogP contribution in [0.25, 0.3) is 0 Å². The summed E-state index contributed by atoms with van der Waals surface area (Å²) >= 11 is 1.80. The summed E-state index contributed by atoms with van der Waals surface area (Å²) in [6, 6.07) is 4.76. The van der Waals surface area contributed by atoms with E-state index in [0.717, 1.165) is 19.5 Å². The van der Waals surface area contributed by atoms with Gasteiger partial charge in [-0.1, -0.05) is 6.07 Å². The van der Waals surface area contributed by atoms with E-state index in [9.17, 15) is 0 Å². The highest BCUT2D eigenvalue weighted by Crippen LogP contribution is 2.33. The van der Waals surface area contributed by atoms with Crippen LogP contribution in [-0.2, 0) is 4.74 Å². The molecule has 3 nitrogen and oxygen atoms in total. The maximum atomic E-state index is 6.21. The Morgan fingerprint density at radius 1 is 1.56 bits per heavy atom. The largest absolute Gasteiger partial charge is 0.377 e. The first kappa shape index (κ1) is 14.0. The normalized spacial score (nSPS) is 29.1. The lowest BCUT2D eigenvalue weighted by molar-refractivity contribution is -0.0633. The molecule has 0 amide bonds. The van der Waals surface area contributed by atoms with E-state index in [4.69, 9.17) is 10.5 Å². The van der Waals surface area contributed by atoms with Crippen molar-refractivity contribution in [2.24, 2.45) is 5.73 Å². The van der Waals surface area contributed by atoms with Crippen molar-refractivity contribution in [2.75, 3.05) is 20.2 Å². The van der Waals surface area contributed by atoms with Crippen LogP contribution in [0.3, 0.4) is 0 Å². The third-order valence-corrected chi connectivity index (χ3v) is 4.85. The van der Waals surface area contributed by atoms with E-state index in [1.165, 1.54) is 11.3 Å². The monoisotopic (exact) mass is 268 g/mol. The van der Waals surface area contributed by atoms with Gasteiger partial charge >= 0.3 is 0 Å². The zero-order chi connectivity index (χ0) is 13.2. The molecule has 0 aromatic carbocycles. The number of methoxy groups -OCH3 is 1. The van der Waals surface area contributed by atoms with Gasteiger partial charge in [-0.2, -0.15) is 0 Å². The van der Waals surface area contributed by atoms with Gasteiger partial charge in [0.05, 0.1) is 11.6 Å². The highest BCUT2D eigenvalue weighted by molar-refractivity contribution is 7.10. The molecule has 2 rings (SSSR count). The minimum Gasteiger partial charge on any atom is -0.377 e. The van der Waals surface area contributed by atoms with Crippen molar-refractivity contribution >= 4 is 11.3 Å². The average Bonchev–Trinajstić information content (AvgIpc) is 2.82. The van der Waals surface area contributed by atoms with Crippen molar-refractivity contribution in [1.29, 1.82) is 0 Å². The van der Waals surface area contributed by atoms with Gasteiger partial charge in [0.15, 0.2) is 0 Å². The smallest absolute Gasteiger partial charge is 0.0777 e. The SMILES string of the molecule is COC1(C)CCCN(C(c2cccs2)C(C)N)C1. The highest BCUT2D eigenvalue weighted by atomic mass is 32.1. The van der Waals surface area contributed by atoms with Crippen LogP contribution in [0.15, 0.2) is 17.5 Å². The van der Waals surface area contributed by atoms with Crippen molar-refractivity contribution in [3.63, 3.8) is 0 Å². The maximum absolute atomic E-state index is 6.21. The first-order chi connectivity index (χ1) is 8.56. The number of rotatable bonds is 4. The van der Waals surface area contributed by atoms with Gasteiger partial charge in [-0.3, -0.25) is 4.90 Å². The Bertz CT molecular complexity index is 366. The molecule has 1 aliphatic heterocycles. The summed E-state index contributed by atoms with van der Waals surface area (Å²) in [5.74, 6) is 0.